The van der Waals surface area contributed by atoms with Crippen LogP contribution in [0, 0.1) is 6.92 Å². The van der Waals surface area contributed by atoms with Crippen LogP contribution >= 0.6 is 15.9 Å². The molecule has 1 N–H and O–H groups in total. The molecule has 0 heterocycles. The maximum atomic E-state index is 13.4. The van der Waals surface area contributed by atoms with Crippen LogP contribution in [-0.2, 0) is 16.1 Å². The molecule has 0 saturated heterocycles. The van der Waals surface area contributed by atoms with Crippen molar-refractivity contribution in [2.45, 2.75) is 78.9 Å². The van der Waals surface area contributed by atoms with Crippen LogP contribution in [0.4, 0.5) is 0 Å². The average molecular weight is 518 g/mol. The van der Waals surface area contributed by atoms with Crippen molar-refractivity contribution >= 4 is 27.7 Å². The molecule has 5 nitrogen and oxygen atoms in total. The van der Waals surface area contributed by atoms with E-state index < -0.39 is 6.04 Å². The third-order valence-corrected chi connectivity index (χ3v) is 6.08. The first kappa shape index (κ1) is 26.9. The molecule has 0 bridgehead atoms. The molecule has 0 fully saturated rings. The summed E-state index contributed by atoms with van der Waals surface area (Å²) < 4.78 is 6.70. The number of amides is 2. The maximum absolute atomic E-state index is 13.4. The maximum Gasteiger partial charge on any atom is 0.261 e. The fourth-order valence-electron chi connectivity index (χ4n) is 3.56. The Morgan fingerprint density at radius 1 is 1.12 bits per heavy atom. The zero-order valence-corrected chi connectivity index (χ0v) is 22.5. The summed E-state index contributed by atoms with van der Waals surface area (Å²) in [5, 5.41) is 3.02. The van der Waals surface area contributed by atoms with Gasteiger partial charge in [-0.2, -0.15) is 0 Å². The monoisotopic (exact) mass is 516 g/mol. The van der Waals surface area contributed by atoms with Crippen molar-refractivity contribution in [3.05, 3.63) is 63.6 Å². The van der Waals surface area contributed by atoms with Crippen molar-refractivity contribution in [1.29, 1.82) is 0 Å². The van der Waals surface area contributed by atoms with E-state index in [4.69, 9.17) is 4.74 Å². The highest BCUT2D eigenvalue weighted by molar-refractivity contribution is 9.10. The molecule has 0 aliphatic carbocycles. The summed E-state index contributed by atoms with van der Waals surface area (Å²) in [6.07, 6.45) is 0.506. The predicted molar refractivity (Wildman–Crippen MR) is 137 cm³/mol. The number of hydrogen-bond donors (Lipinski definition) is 1. The number of nitrogens with zero attached hydrogens (tertiary/aromatic N) is 1. The standard InChI is InChI=1S/C27H37BrN2O3/c1-8-23(26(32)29-27(5,6)7)30(16-21-12-10-9-11-19(21)4)25(31)17-33-24-14-13-20(18(2)3)15-22(24)28/h9-15,18,23H,8,16-17H2,1-7H3,(H,29,32)/t23-/m1/s1. The number of nitrogens with one attached hydrogen (secondary N) is 1. The molecule has 2 aromatic rings. The number of carbonyl (C=O) groups excluding carboxylic acids is 2. The minimum Gasteiger partial charge on any atom is -0.483 e. The SMILES string of the molecule is CC[C@H](C(=O)NC(C)(C)C)N(Cc1ccccc1C)C(=O)COc1ccc(C(C)C)cc1Br. The van der Waals surface area contributed by atoms with Gasteiger partial charge in [-0.1, -0.05) is 51.1 Å². The molecule has 6 heteroatoms. The lowest BCUT2D eigenvalue weighted by atomic mass is 10.0. The van der Waals surface area contributed by atoms with Gasteiger partial charge in [-0.05, 0) is 84.8 Å². The second kappa shape index (κ2) is 11.7. The third-order valence-electron chi connectivity index (χ3n) is 5.46. The van der Waals surface area contributed by atoms with E-state index in [0.29, 0.717) is 24.6 Å². The van der Waals surface area contributed by atoms with E-state index in [-0.39, 0.29) is 24.0 Å². The van der Waals surface area contributed by atoms with Crippen molar-refractivity contribution in [3.63, 3.8) is 0 Å². The van der Waals surface area contributed by atoms with Crippen molar-refractivity contribution in [3.8, 4) is 5.75 Å². The van der Waals surface area contributed by atoms with E-state index in [0.717, 1.165) is 15.6 Å². The Bertz CT molecular complexity index is 966. The Morgan fingerprint density at radius 2 is 1.79 bits per heavy atom. The number of halogens is 1. The Hall–Kier alpha value is -2.34. The minimum absolute atomic E-state index is 0.148. The first-order chi connectivity index (χ1) is 15.4. The van der Waals surface area contributed by atoms with Crippen LogP contribution in [0.2, 0.25) is 0 Å². The average Bonchev–Trinajstić information content (AvgIpc) is 2.72. The third kappa shape index (κ3) is 7.88. The number of ether oxygens (including phenoxy) is 1. The summed E-state index contributed by atoms with van der Waals surface area (Å²) >= 11 is 3.55. The van der Waals surface area contributed by atoms with Gasteiger partial charge in [0, 0.05) is 12.1 Å². The van der Waals surface area contributed by atoms with Gasteiger partial charge in [0.1, 0.15) is 11.8 Å². The zero-order valence-electron chi connectivity index (χ0n) is 20.9. The van der Waals surface area contributed by atoms with Crippen molar-refractivity contribution in [2.75, 3.05) is 6.61 Å². The summed E-state index contributed by atoms with van der Waals surface area (Å²) in [4.78, 5) is 28.1. The fraction of sp³-hybridized carbons (Fsp3) is 0.481. The summed E-state index contributed by atoms with van der Waals surface area (Å²) in [6.45, 7) is 14.2. The Morgan fingerprint density at radius 3 is 2.33 bits per heavy atom. The van der Waals surface area contributed by atoms with Gasteiger partial charge in [-0.25, -0.2) is 0 Å². The number of rotatable bonds is 9. The molecule has 0 spiro atoms. The highest BCUT2D eigenvalue weighted by Crippen LogP contribution is 2.29. The second-order valence-electron chi connectivity index (χ2n) is 9.74. The molecule has 0 aliphatic rings. The molecular weight excluding hydrogens is 480 g/mol. The van der Waals surface area contributed by atoms with Gasteiger partial charge in [0.25, 0.3) is 5.91 Å². The molecule has 2 aromatic carbocycles. The van der Waals surface area contributed by atoms with Crippen LogP contribution in [0.1, 0.15) is 70.6 Å². The van der Waals surface area contributed by atoms with Crippen LogP contribution in [-0.4, -0.2) is 34.9 Å². The van der Waals surface area contributed by atoms with Crippen molar-refractivity contribution in [2.24, 2.45) is 0 Å². The van der Waals surface area contributed by atoms with Gasteiger partial charge in [-0.3, -0.25) is 9.59 Å². The van der Waals surface area contributed by atoms with Crippen molar-refractivity contribution < 1.29 is 14.3 Å². The molecule has 0 saturated carbocycles. The quantitative estimate of drug-likeness (QED) is 0.445. The summed E-state index contributed by atoms with van der Waals surface area (Å²) in [6, 6.07) is 13.2. The van der Waals surface area contributed by atoms with Gasteiger partial charge >= 0.3 is 0 Å². The minimum atomic E-state index is -0.591. The fourth-order valence-corrected chi connectivity index (χ4v) is 4.07. The molecule has 0 aliphatic heterocycles. The lowest BCUT2D eigenvalue weighted by molar-refractivity contribution is -0.143. The van der Waals surface area contributed by atoms with E-state index in [1.54, 1.807) is 4.90 Å². The first-order valence-electron chi connectivity index (χ1n) is 11.5. The number of aryl methyl sites for hydroxylation is 1. The highest BCUT2D eigenvalue weighted by atomic mass is 79.9. The van der Waals surface area contributed by atoms with Crippen LogP contribution < -0.4 is 10.1 Å². The first-order valence-corrected chi connectivity index (χ1v) is 12.3. The topological polar surface area (TPSA) is 58.6 Å². The molecule has 2 rings (SSSR count). The van der Waals surface area contributed by atoms with E-state index >= 15 is 0 Å². The normalized spacial score (nSPS) is 12.4. The summed E-state index contributed by atoms with van der Waals surface area (Å²) in [5.41, 5.74) is 2.89. The Kier molecular flexibility index (Phi) is 9.53. The lowest BCUT2D eigenvalue weighted by Gasteiger charge is -2.33. The molecule has 180 valence electrons. The number of benzene rings is 2. The van der Waals surface area contributed by atoms with Gasteiger partial charge in [0.15, 0.2) is 6.61 Å². The highest BCUT2D eigenvalue weighted by Gasteiger charge is 2.31. The smallest absolute Gasteiger partial charge is 0.261 e. The largest absolute Gasteiger partial charge is 0.483 e. The molecule has 1 atom stereocenters. The zero-order chi connectivity index (χ0) is 24.8. The molecule has 33 heavy (non-hydrogen) atoms. The molecular formula is C27H37BrN2O3. The van der Waals surface area contributed by atoms with Crippen LogP contribution in [0.15, 0.2) is 46.9 Å². The van der Waals surface area contributed by atoms with E-state index in [1.807, 2.05) is 77.1 Å². The Balaban J connectivity index is 2.27. The molecule has 0 radical (unpaired) electrons. The van der Waals surface area contributed by atoms with Gasteiger partial charge < -0.3 is 15.0 Å². The van der Waals surface area contributed by atoms with Gasteiger partial charge in [0.2, 0.25) is 5.91 Å². The van der Waals surface area contributed by atoms with Crippen LogP contribution in [0.3, 0.4) is 0 Å². The van der Waals surface area contributed by atoms with Gasteiger partial charge in [0.05, 0.1) is 4.47 Å². The van der Waals surface area contributed by atoms with E-state index in [9.17, 15) is 9.59 Å². The second-order valence-corrected chi connectivity index (χ2v) is 10.6. The van der Waals surface area contributed by atoms with Gasteiger partial charge in [-0.15, -0.1) is 0 Å². The Labute approximate surface area is 207 Å². The molecule has 0 unspecified atom stereocenters. The van der Waals surface area contributed by atoms with Crippen LogP contribution in [0.5, 0.6) is 5.75 Å². The number of carbonyl (C=O) groups is 2. The molecule has 0 aromatic heterocycles. The summed E-state index contributed by atoms with van der Waals surface area (Å²) in [7, 11) is 0. The van der Waals surface area contributed by atoms with E-state index in [2.05, 4.69) is 35.1 Å². The van der Waals surface area contributed by atoms with Crippen LogP contribution in [0.25, 0.3) is 0 Å². The predicted octanol–water partition coefficient (Wildman–Crippen LogP) is 5.98. The summed E-state index contributed by atoms with van der Waals surface area (Å²) in [5.74, 6) is 0.618. The van der Waals surface area contributed by atoms with E-state index in [1.165, 1.54) is 5.56 Å². The number of hydrogen-bond acceptors (Lipinski definition) is 3. The lowest BCUT2D eigenvalue weighted by Crippen LogP contribution is -2.54. The van der Waals surface area contributed by atoms with Crippen molar-refractivity contribution in [1.82, 2.24) is 10.2 Å². The molecule has 2 amide bonds.